The number of carbonyl (C=O) groups excluding carboxylic acids is 1. The maximum absolute atomic E-state index is 12.2. The minimum absolute atomic E-state index is 0.0298. The van der Waals surface area contributed by atoms with Crippen molar-refractivity contribution in [3.8, 4) is 10.6 Å². The van der Waals surface area contributed by atoms with Crippen LogP contribution in [0.5, 0.6) is 0 Å². The monoisotopic (exact) mass is 324 g/mol. The summed E-state index contributed by atoms with van der Waals surface area (Å²) < 4.78 is 0. The summed E-state index contributed by atoms with van der Waals surface area (Å²) in [5.41, 5.74) is 2.44. The molecule has 4 nitrogen and oxygen atoms in total. The van der Waals surface area contributed by atoms with Crippen molar-refractivity contribution in [1.82, 2.24) is 9.88 Å². The second-order valence-corrected chi connectivity index (χ2v) is 5.59. The number of aromatic nitrogens is 1. The number of alkyl halides is 1. The molecule has 0 bridgehead atoms. The van der Waals surface area contributed by atoms with Crippen LogP contribution in [0, 0.1) is 0 Å². The van der Waals surface area contributed by atoms with E-state index in [-0.39, 0.29) is 12.5 Å². The van der Waals surface area contributed by atoms with Gasteiger partial charge in [0.25, 0.3) is 5.91 Å². The zero-order valence-electron chi connectivity index (χ0n) is 11.8. The number of amides is 1. The van der Waals surface area contributed by atoms with Gasteiger partial charge in [-0.05, 0) is 19.1 Å². The van der Waals surface area contributed by atoms with Crippen LogP contribution in [0.4, 0.5) is 0 Å². The Labute approximate surface area is 133 Å². The van der Waals surface area contributed by atoms with Crippen molar-refractivity contribution >= 4 is 28.8 Å². The highest BCUT2D eigenvalue weighted by Crippen LogP contribution is 2.24. The van der Waals surface area contributed by atoms with Gasteiger partial charge in [-0.3, -0.25) is 4.79 Å². The second kappa shape index (κ2) is 7.54. The van der Waals surface area contributed by atoms with Gasteiger partial charge >= 0.3 is 0 Å². The molecule has 112 valence electrons. The van der Waals surface area contributed by atoms with E-state index in [1.165, 1.54) is 11.3 Å². The third-order valence-electron chi connectivity index (χ3n) is 3.11. The Balaban J connectivity index is 2.16. The summed E-state index contributed by atoms with van der Waals surface area (Å²) in [5, 5.41) is 11.8. The average Bonchev–Trinajstić information content (AvgIpc) is 3.01. The van der Waals surface area contributed by atoms with Crippen LogP contribution in [0.15, 0.2) is 29.6 Å². The van der Waals surface area contributed by atoms with Crippen molar-refractivity contribution in [3.63, 3.8) is 0 Å². The SMILES string of the molecule is CCN(CCO)C(=O)c1ccc(-c2nc(CCl)cs2)cc1. The molecule has 1 N–H and O–H groups in total. The molecule has 0 saturated carbocycles. The summed E-state index contributed by atoms with van der Waals surface area (Å²) in [4.78, 5) is 18.3. The van der Waals surface area contributed by atoms with E-state index in [1.807, 2.05) is 24.4 Å². The summed E-state index contributed by atoms with van der Waals surface area (Å²) in [6.07, 6.45) is 0. The van der Waals surface area contributed by atoms with Crippen LogP contribution in [-0.2, 0) is 5.88 Å². The molecule has 6 heteroatoms. The van der Waals surface area contributed by atoms with Crippen LogP contribution in [0.2, 0.25) is 0 Å². The van der Waals surface area contributed by atoms with Crippen LogP contribution in [-0.4, -0.2) is 40.6 Å². The molecule has 0 radical (unpaired) electrons. The molecular weight excluding hydrogens is 308 g/mol. The molecule has 0 aliphatic heterocycles. The van der Waals surface area contributed by atoms with Gasteiger partial charge in [0, 0.05) is 29.6 Å². The van der Waals surface area contributed by atoms with Gasteiger partial charge in [-0.2, -0.15) is 0 Å². The average molecular weight is 325 g/mol. The third-order valence-corrected chi connectivity index (χ3v) is 4.32. The summed E-state index contributed by atoms with van der Waals surface area (Å²) in [7, 11) is 0. The zero-order chi connectivity index (χ0) is 15.2. The Bertz CT molecular complexity index is 598. The molecule has 1 aromatic heterocycles. The largest absolute Gasteiger partial charge is 0.395 e. The first-order valence-corrected chi connectivity index (χ1v) is 8.12. The van der Waals surface area contributed by atoms with E-state index in [0.717, 1.165) is 16.3 Å². The molecule has 1 aromatic carbocycles. The maximum Gasteiger partial charge on any atom is 0.253 e. The van der Waals surface area contributed by atoms with Gasteiger partial charge in [0.15, 0.2) is 0 Å². The number of hydrogen-bond donors (Lipinski definition) is 1. The fourth-order valence-electron chi connectivity index (χ4n) is 1.96. The van der Waals surface area contributed by atoms with Gasteiger partial charge in [-0.1, -0.05) is 12.1 Å². The van der Waals surface area contributed by atoms with E-state index in [1.54, 1.807) is 17.0 Å². The first-order chi connectivity index (χ1) is 10.2. The Morgan fingerprint density at radius 1 is 1.38 bits per heavy atom. The van der Waals surface area contributed by atoms with Crippen LogP contribution < -0.4 is 0 Å². The molecule has 0 spiro atoms. The number of hydrogen-bond acceptors (Lipinski definition) is 4. The number of thiazole rings is 1. The third kappa shape index (κ3) is 3.81. The molecule has 0 aliphatic rings. The fraction of sp³-hybridized carbons (Fsp3) is 0.333. The number of nitrogens with zero attached hydrogens (tertiary/aromatic N) is 2. The standard InChI is InChI=1S/C15H17ClN2O2S/c1-2-18(7-8-19)15(20)12-5-3-11(4-6-12)14-17-13(9-16)10-21-14/h3-6,10,19H,2,7-9H2,1H3. The summed E-state index contributed by atoms with van der Waals surface area (Å²) in [6.45, 7) is 2.79. The van der Waals surface area contributed by atoms with Gasteiger partial charge in [0.2, 0.25) is 0 Å². The number of likely N-dealkylation sites (N-methyl/N-ethyl adjacent to an activating group) is 1. The first kappa shape index (κ1) is 15.9. The molecule has 2 aromatic rings. The number of rotatable bonds is 6. The predicted octanol–water partition coefficient (Wildman–Crippen LogP) is 3.00. The number of aliphatic hydroxyl groups is 1. The quantitative estimate of drug-likeness (QED) is 0.831. The normalized spacial score (nSPS) is 10.6. The fourth-order valence-corrected chi connectivity index (χ4v) is 3.02. The minimum atomic E-state index is -0.0707. The second-order valence-electron chi connectivity index (χ2n) is 4.46. The van der Waals surface area contributed by atoms with E-state index >= 15 is 0 Å². The lowest BCUT2D eigenvalue weighted by atomic mass is 10.1. The molecule has 0 fully saturated rings. The number of benzene rings is 1. The van der Waals surface area contributed by atoms with Crippen LogP contribution in [0.1, 0.15) is 23.0 Å². The van der Waals surface area contributed by atoms with Crippen molar-refractivity contribution in [3.05, 3.63) is 40.9 Å². The van der Waals surface area contributed by atoms with Crippen LogP contribution in [0.3, 0.4) is 0 Å². The maximum atomic E-state index is 12.2. The highest BCUT2D eigenvalue weighted by molar-refractivity contribution is 7.13. The number of aliphatic hydroxyl groups excluding tert-OH is 1. The number of halogens is 1. The lowest BCUT2D eigenvalue weighted by molar-refractivity contribution is 0.0732. The molecule has 1 amide bonds. The Hall–Kier alpha value is -1.43. The highest BCUT2D eigenvalue weighted by atomic mass is 35.5. The molecule has 0 aliphatic carbocycles. The van der Waals surface area contributed by atoms with E-state index in [0.29, 0.717) is 24.5 Å². The lowest BCUT2D eigenvalue weighted by Gasteiger charge is -2.19. The zero-order valence-corrected chi connectivity index (χ0v) is 13.3. The first-order valence-electron chi connectivity index (χ1n) is 6.70. The van der Waals surface area contributed by atoms with Crippen molar-refractivity contribution < 1.29 is 9.90 Å². The van der Waals surface area contributed by atoms with Crippen molar-refractivity contribution in [1.29, 1.82) is 0 Å². The van der Waals surface area contributed by atoms with Gasteiger partial charge < -0.3 is 10.0 Å². The topological polar surface area (TPSA) is 53.4 Å². The Morgan fingerprint density at radius 2 is 2.10 bits per heavy atom. The lowest BCUT2D eigenvalue weighted by Crippen LogP contribution is -2.33. The molecular formula is C15H17ClN2O2S. The minimum Gasteiger partial charge on any atom is -0.395 e. The van der Waals surface area contributed by atoms with Crippen LogP contribution in [0.25, 0.3) is 10.6 Å². The number of carbonyl (C=O) groups is 1. The predicted molar refractivity (Wildman–Crippen MR) is 85.8 cm³/mol. The van der Waals surface area contributed by atoms with Gasteiger partial charge in [-0.15, -0.1) is 22.9 Å². The van der Waals surface area contributed by atoms with Gasteiger partial charge in [0.1, 0.15) is 5.01 Å². The molecule has 21 heavy (non-hydrogen) atoms. The van der Waals surface area contributed by atoms with Crippen molar-refractivity contribution in [2.45, 2.75) is 12.8 Å². The Morgan fingerprint density at radius 3 is 2.62 bits per heavy atom. The van der Waals surface area contributed by atoms with E-state index in [2.05, 4.69) is 4.98 Å². The molecule has 0 unspecified atom stereocenters. The molecule has 1 heterocycles. The molecule has 0 atom stereocenters. The molecule has 2 rings (SSSR count). The summed E-state index contributed by atoms with van der Waals surface area (Å²) in [5.74, 6) is 0.332. The highest BCUT2D eigenvalue weighted by Gasteiger charge is 2.14. The summed E-state index contributed by atoms with van der Waals surface area (Å²) in [6, 6.07) is 7.35. The van der Waals surface area contributed by atoms with Gasteiger partial charge in [0.05, 0.1) is 18.2 Å². The van der Waals surface area contributed by atoms with Gasteiger partial charge in [-0.25, -0.2) is 4.98 Å². The van der Waals surface area contributed by atoms with E-state index in [9.17, 15) is 4.79 Å². The Kier molecular flexibility index (Phi) is 5.73. The molecule has 0 saturated heterocycles. The summed E-state index contributed by atoms with van der Waals surface area (Å²) >= 11 is 7.29. The van der Waals surface area contributed by atoms with Crippen molar-refractivity contribution in [2.75, 3.05) is 19.7 Å². The van der Waals surface area contributed by atoms with E-state index in [4.69, 9.17) is 16.7 Å². The van der Waals surface area contributed by atoms with Crippen LogP contribution >= 0.6 is 22.9 Å². The van der Waals surface area contributed by atoms with E-state index < -0.39 is 0 Å². The smallest absolute Gasteiger partial charge is 0.253 e. The van der Waals surface area contributed by atoms with Crippen molar-refractivity contribution in [2.24, 2.45) is 0 Å².